The molecular weight excluding hydrogens is 374 g/mol. The smallest absolute Gasteiger partial charge is 0.258 e. The van der Waals surface area contributed by atoms with Crippen molar-refractivity contribution in [3.05, 3.63) is 101 Å². The van der Waals surface area contributed by atoms with Crippen LogP contribution in [0.2, 0.25) is 5.02 Å². The molecule has 1 atom stereocenters. The second-order valence-corrected chi connectivity index (χ2v) is 6.79. The average Bonchev–Trinajstić information content (AvgIpc) is 2.73. The Morgan fingerprint density at radius 1 is 0.893 bits per heavy atom. The van der Waals surface area contributed by atoms with Crippen LogP contribution < -0.4 is 10.1 Å². The zero-order chi connectivity index (χ0) is 19.9. The molecule has 0 heterocycles. The minimum atomic E-state index is -0.230. The van der Waals surface area contributed by atoms with E-state index in [4.69, 9.17) is 16.3 Å². The van der Waals surface area contributed by atoms with Gasteiger partial charge in [0.25, 0.3) is 5.91 Å². The van der Waals surface area contributed by atoms with E-state index in [1.807, 2.05) is 37.3 Å². The van der Waals surface area contributed by atoms with Crippen LogP contribution in [0.5, 0.6) is 5.75 Å². The van der Waals surface area contributed by atoms with E-state index in [-0.39, 0.29) is 24.3 Å². The zero-order valence-electron chi connectivity index (χ0n) is 15.4. The number of amides is 1. The third kappa shape index (κ3) is 5.21. The van der Waals surface area contributed by atoms with Crippen molar-refractivity contribution in [3.63, 3.8) is 0 Å². The van der Waals surface area contributed by atoms with E-state index < -0.39 is 0 Å². The molecule has 0 bridgehead atoms. The normalized spacial score (nSPS) is 11.5. The Balaban J connectivity index is 1.52. The summed E-state index contributed by atoms with van der Waals surface area (Å²) in [7, 11) is 0. The Morgan fingerprint density at radius 3 is 2.14 bits per heavy atom. The van der Waals surface area contributed by atoms with Gasteiger partial charge in [-0.15, -0.1) is 0 Å². The lowest BCUT2D eigenvalue weighted by atomic mass is 10.0. The molecule has 3 rings (SSSR count). The number of rotatable bonds is 7. The van der Waals surface area contributed by atoms with Gasteiger partial charge in [0.05, 0.1) is 6.04 Å². The third-order valence-electron chi connectivity index (χ3n) is 4.27. The lowest BCUT2D eigenvalue weighted by Gasteiger charge is -2.15. The topological polar surface area (TPSA) is 55.4 Å². The molecule has 0 aliphatic heterocycles. The van der Waals surface area contributed by atoms with Crippen LogP contribution >= 0.6 is 11.6 Å². The van der Waals surface area contributed by atoms with Gasteiger partial charge in [-0.05, 0) is 48.9 Å². The highest BCUT2D eigenvalue weighted by Gasteiger charge is 2.11. The lowest BCUT2D eigenvalue weighted by molar-refractivity contribution is -0.123. The molecule has 28 heavy (non-hydrogen) atoms. The fraction of sp³-hybridized carbons (Fsp3) is 0.130. The van der Waals surface area contributed by atoms with Crippen molar-refractivity contribution in [2.75, 3.05) is 6.61 Å². The molecule has 0 saturated heterocycles. The predicted molar refractivity (Wildman–Crippen MR) is 110 cm³/mol. The number of carbonyl (C=O) groups is 2. The highest BCUT2D eigenvalue weighted by molar-refractivity contribution is 6.30. The van der Waals surface area contributed by atoms with E-state index in [1.54, 1.807) is 48.5 Å². The van der Waals surface area contributed by atoms with Gasteiger partial charge in [-0.1, -0.05) is 54.1 Å². The number of carbonyl (C=O) groups excluding carboxylic acids is 2. The summed E-state index contributed by atoms with van der Waals surface area (Å²) in [6, 6.07) is 23.0. The van der Waals surface area contributed by atoms with Crippen molar-refractivity contribution >= 4 is 23.3 Å². The average molecular weight is 394 g/mol. The van der Waals surface area contributed by atoms with Crippen LogP contribution in [-0.4, -0.2) is 18.3 Å². The number of ether oxygens (including phenoxy) is 1. The maximum Gasteiger partial charge on any atom is 0.258 e. The molecule has 3 aromatic carbocycles. The molecule has 5 heteroatoms. The van der Waals surface area contributed by atoms with Crippen LogP contribution in [0.4, 0.5) is 0 Å². The molecule has 1 amide bonds. The van der Waals surface area contributed by atoms with Gasteiger partial charge in [-0.3, -0.25) is 9.59 Å². The van der Waals surface area contributed by atoms with Crippen LogP contribution in [0.1, 0.15) is 34.5 Å². The maximum absolute atomic E-state index is 12.4. The van der Waals surface area contributed by atoms with Gasteiger partial charge in [-0.2, -0.15) is 0 Å². The predicted octanol–water partition coefficient (Wildman–Crippen LogP) is 4.83. The molecule has 1 N–H and O–H groups in total. The first-order valence-electron chi connectivity index (χ1n) is 8.90. The molecule has 0 saturated carbocycles. The molecular formula is C23H20ClNO3. The molecule has 3 aromatic rings. The highest BCUT2D eigenvalue weighted by atomic mass is 35.5. The van der Waals surface area contributed by atoms with Crippen LogP contribution in [-0.2, 0) is 4.79 Å². The van der Waals surface area contributed by atoms with Gasteiger partial charge in [0.1, 0.15) is 5.75 Å². The summed E-state index contributed by atoms with van der Waals surface area (Å²) in [5.74, 6) is 0.243. The van der Waals surface area contributed by atoms with Gasteiger partial charge >= 0.3 is 0 Å². The van der Waals surface area contributed by atoms with Crippen molar-refractivity contribution < 1.29 is 14.3 Å². The fourth-order valence-corrected chi connectivity index (χ4v) is 2.85. The number of hydrogen-bond acceptors (Lipinski definition) is 3. The lowest BCUT2D eigenvalue weighted by Crippen LogP contribution is -2.31. The number of ketones is 1. The van der Waals surface area contributed by atoms with E-state index in [9.17, 15) is 9.59 Å². The first-order chi connectivity index (χ1) is 13.5. The quantitative estimate of drug-likeness (QED) is 0.585. The summed E-state index contributed by atoms with van der Waals surface area (Å²) >= 11 is 5.88. The number of nitrogens with one attached hydrogen (secondary N) is 1. The SMILES string of the molecule is C[C@H](NC(=O)COc1ccc(C(=O)c2ccccc2)cc1)c1ccc(Cl)cc1. The molecule has 0 aliphatic rings. The minimum Gasteiger partial charge on any atom is -0.484 e. The summed E-state index contributed by atoms with van der Waals surface area (Å²) in [5, 5.41) is 3.53. The van der Waals surface area contributed by atoms with Crippen LogP contribution in [0.25, 0.3) is 0 Å². The highest BCUT2D eigenvalue weighted by Crippen LogP contribution is 2.17. The Hall–Kier alpha value is -3.11. The maximum atomic E-state index is 12.4. The standard InChI is InChI=1S/C23H20ClNO3/c1-16(17-7-11-20(24)12-8-17)25-22(26)15-28-21-13-9-19(10-14-21)23(27)18-5-3-2-4-6-18/h2-14,16H,15H2,1H3,(H,25,26)/t16-/m0/s1. The van der Waals surface area contributed by atoms with Crippen LogP contribution in [0, 0.1) is 0 Å². The summed E-state index contributed by atoms with van der Waals surface area (Å²) in [6.07, 6.45) is 0. The number of benzene rings is 3. The fourth-order valence-electron chi connectivity index (χ4n) is 2.73. The van der Waals surface area contributed by atoms with Gasteiger partial charge in [0.15, 0.2) is 12.4 Å². The van der Waals surface area contributed by atoms with Gasteiger partial charge in [0, 0.05) is 16.1 Å². The van der Waals surface area contributed by atoms with Crippen molar-refractivity contribution in [2.45, 2.75) is 13.0 Å². The number of halogens is 1. The first kappa shape index (κ1) is 19.6. The Kier molecular flexibility index (Phi) is 6.45. The largest absolute Gasteiger partial charge is 0.484 e. The molecule has 142 valence electrons. The monoisotopic (exact) mass is 393 g/mol. The van der Waals surface area contributed by atoms with Gasteiger partial charge < -0.3 is 10.1 Å². The van der Waals surface area contributed by atoms with Gasteiger partial charge in [0.2, 0.25) is 0 Å². The summed E-state index contributed by atoms with van der Waals surface area (Å²) in [4.78, 5) is 24.5. The minimum absolute atomic E-state index is 0.0540. The molecule has 4 nitrogen and oxygen atoms in total. The van der Waals surface area contributed by atoms with Crippen LogP contribution in [0.3, 0.4) is 0 Å². The number of hydrogen-bond donors (Lipinski definition) is 1. The molecule has 0 spiro atoms. The van der Waals surface area contributed by atoms with E-state index in [2.05, 4.69) is 5.32 Å². The molecule has 0 aliphatic carbocycles. The molecule has 0 unspecified atom stereocenters. The van der Waals surface area contributed by atoms with Crippen molar-refractivity contribution in [3.8, 4) is 5.75 Å². The van der Waals surface area contributed by atoms with E-state index in [0.29, 0.717) is 21.9 Å². The van der Waals surface area contributed by atoms with E-state index in [1.165, 1.54) is 0 Å². The Morgan fingerprint density at radius 2 is 1.50 bits per heavy atom. The van der Waals surface area contributed by atoms with Crippen molar-refractivity contribution in [1.82, 2.24) is 5.32 Å². The van der Waals surface area contributed by atoms with Crippen molar-refractivity contribution in [2.24, 2.45) is 0 Å². The second kappa shape index (κ2) is 9.20. The molecule has 0 radical (unpaired) electrons. The summed E-state index contributed by atoms with van der Waals surface area (Å²) in [6.45, 7) is 1.79. The van der Waals surface area contributed by atoms with E-state index >= 15 is 0 Å². The van der Waals surface area contributed by atoms with Crippen LogP contribution in [0.15, 0.2) is 78.9 Å². The third-order valence-corrected chi connectivity index (χ3v) is 4.52. The van der Waals surface area contributed by atoms with Crippen molar-refractivity contribution in [1.29, 1.82) is 0 Å². The first-order valence-corrected chi connectivity index (χ1v) is 9.28. The van der Waals surface area contributed by atoms with Gasteiger partial charge in [-0.25, -0.2) is 0 Å². The molecule has 0 fully saturated rings. The second-order valence-electron chi connectivity index (χ2n) is 6.35. The Labute approximate surface area is 169 Å². The van der Waals surface area contributed by atoms with E-state index in [0.717, 1.165) is 5.56 Å². The Bertz CT molecular complexity index is 938. The zero-order valence-corrected chi connectivity index (χ0v) is 16.1. The summed E-state index contributed by atoms with van der Waals surface area (Å²) < 4.78 is 5.52. The summed E-state index contributed by atoms with van der Waals surface area (Å²) in [5.41, 5.74) is 2.16. The molecule has 0 aromatic heterocycles.